The Hall–Kier alpha value is -1.16. The van der Waals surface area contributed by atoms with E-state index >= 15 is 0 Å². The van der Waals surface area contributed by atoms with E-state index in [0.717, 1.165) is 4.34 Å². The lowest BCUT2D eigenvalue weighted by atomic mass is 10.3. The maximum absolute atomic E-state index is 8.74. The molecule has 0 unspecified atom stereocenters. The van der Waals surface area contributed by atoms with Crippen molar-refractivity contribution in [1.82, 2.24) is 14.3 Å². The van der Waals surface area contributed by atoms with Crippen LogP contribution in [0.4, 0.5) is 0 Å². The van der Waals surface area contributed by atoms with Crippen LogP contribution in [0.2, 0.25) is 5.15 Å². The van der Waals surface area contributed by atoms with Crippen LogP contribution in [0, 0.1) is 11.3 Å². The van der Waals surface area contributed by atoms with E-state index in [0.29, 0.717) is 15.7 Å². The third kappa shape index (κ3) is 2.65. The predicted molar refractivity (Wildman–Crippen MR) is 58.0 cm³/mol. The number of rotatable bonds is 2. The largest absolute Gasteiger partial charge is 0.229 e. The summed E-state index contributed by atoms with van der Waals surface area (Å²) in [6.07, 6.45) is 1.47. The van der Waals surface area contributed by atoms with E-state index < -0.39 is 0 Å². The van der Waals surface area contributed by atoms with Gasteiger partial charge in [-0.05, 0) is 35.4 Å². The van der Waals surface area contributed by atoms with Crippen molar-refractivity contribution in [2.24, 2.45) is 0 Å². The topological polar surface area (TPSA) is 62.5 Å². The molecule has 0 saturated carbocycles. The number of aromatic nitrogens is 3. The summed E-state index contributed by atoms with van der Waals surface area (Å²) in [6.45, 7) is 0. The average molecular weight is 255 g/mol. The molecule has 74 valence electrons. The summed E-state index contributed by atoms with van der Waals surface area (Å²) < 4.78 is 4.64. The second-order valence-electron chi connectivity index (χ2n) is 2.44. The van der Waals surface area contributed by atoms with Crippen LogP contribution >= 0.6 is 34.9 Å². The van der Waals surface area contributed by atoms with Gasteiger partial charge in [-0.25, -0.2) is 9.97 Å². The molecular formula is C8H3ClN4S2. The smallest absolute Gasteiger partial charge is 0.175 e. The first-order valence-electron chi connectivity index (χ1n) is 3.80. The zero-order valence-electron chi connectivity index (χ0n) is 7.22. The molecule has 7 heteroatoms. The first-order valence-corrected chi connectivity index (χ1v) is 5.77. The molecule has 0 amide bonds. The Balaban J connectivity index is 2.29. The van der Waals surface area contributed by atoms with Crippen molar-refractivity contribution in [3.05, 3.63) is 29.2 Å². The Morgan fingerprint density at radius 2 is 2.33 bits per heavy atom. The Kier molecular flexibility index (Phi) is 3.16. The van der Waals surface area contributed by atoms with Crippen molar-refractivity contribution in [2.45, 2.75) is 9.37 Å². The molecular weight excluding hydrogens is 252 g/mol. The second-order valence-corrected chi connectivity index (χ2v) is 4.87. The van der Waals surface area contributed by atoms with Crippen LogP contribution in [0.25, 0.3) is 0 Å². The summed E-state index contributed by atoms with van der Waals surface area (Å²) in [5, 5.41) is 9.70. The Morgan fingerprint density at radius 1 is 1.47 bits per heavy atom. The molecule has 0 aromatic carbocycles. The van der Waals surface area contributed by atoms with Gasteiger partial charge in [0.25, 0.3) is 0 Å². The molecule has 2 aromatic rings. The minimum Gasteiger partial charge on any atom is -0.229 e. The van der Waals surface area contributed by atoms with Gasteiger partial charge in [0.1, 0.15) is 16.5 Å². The first kappa shape index (κ1) is 10.4. The molecule has 0 aliphatic rings. The van der Waals surface area contributed by atoms with Gasteiger partial charge in [-0.2, -0.15) is 9.64 Å². The SMILES string of the molecule is N#Cc1cc(Cl)nc(Sc2ncns2)c1. The minimum absolute atomic E-state index is 0.307. The molecule has 0 aliphatic heterocycles. The summed E-state index contributed by atoms with van der Waals surface area (Å²) in [5.74, 6) is 0. The lowest BCUT2D eigenvalue weighted by Crippen LogP contribution is -1.83. The van der Waals surface area contributed by atoms with E-state index in [1.165, 1.54) is 35.7 Å². The quantitative estimate of drug-likeness (QED) is 0.771. The van der Waals surface area contributed by atoms with E-state index in [1.807, 2.05) is 6.07 Å². The molecule has 0 radical (unpaired) electrons. The van der Waals surface area contributed by atoms with E-state index in [2.05, 4.69) is 14.3 Å². The van der Waals surface area contributed by atoms with Gasteiger partial charge in [-0.15, -0.1) is 0 Å². The molecule has 2 rings (SSSR count). The molecule has 0 saturated heterocycles. The summed E-state index contributed by atoms with van der Waals surface area (Å²) in [7, 11) is 0. The van der Waals surface area contributed by atoms with E-state index in [9.17, 15) is 0 Å². The molecule has 0 aliphatic carbocycles. The van der Waals surface area contributed by atoms with Gasteiger partial charge in [0.15, 0.2) is 4.34 Å². The Labute approximate surface area is 99.1 Å². The average Bonchev–Trinajstić information content (AvgIpc) is 2.69. The number of halogens is 1. The monoisotopic (exact) mass is 254 g/mol. The van der Waals surface area contributed by atoms with Crippen LogP contribution < -0.4 is 0 Å². The Bertz CT molecular complexity index is 506. The fourth-order valence-corrected chi connectivity index (χ4v) is 2.57. The van der Waals surface area contributed by atoms with Gasteiger partial charge >= 0.3 is 0 Å². The van der Waals surface area contributed by atoms with E-state index in [4.69, 9.17) is 16.9 Å². The van der Waals surface area contributed by atoms with Crippen LogP contribution in [0.5, 0.6) is 0 Å². The standard InChI is InChI=1S/C8H3ClN4S2/c9-6-1-5(3-10)2-7(13-6)14-8-11-4-12-15-8/h1-2,4H. The number of pyridine rings is 1. The molecule has 0 atom stereocenters. The highest BCUT2D eigenvalue weighted by Crippen LogP contribution is 2.28. The van der Waals surface area contributed by atoms with Crippen LogP contribution in [0.15, 0.2) is 27.8 Å². The van der Waals surface area contributed by atoms with Gasteiger partial charge in [0.2, 0.25) is 0 Å². The van der Waals surface area contributed by atoms with Gasteiger partial charge in [0.05, 0.1) is 11.6 Å². The minimum atomic E-state index is 0.307. The van der Waals surface area contributed by atoms with Crippen LogP contribution in [0.3, 0.4) is 0 Å². The summed E-state index contributed by atoms with van der Waals surface area (Å²) in [4.78, 5) is 8.07. The fraction of sp³-hybridized carbons (Fsp3) is 0. The molecule has 2 heterocycles. The van der Waals surface area contributed by atoms with Crippen molar-refractivity contribution in [1.29, 1.82) is 5.26 Å². The van der Waals surface area contributed by atoms with Crippen LogP contribution in [-0.2, 0) is 0 Å². The van der Waals surface area contributed by atoms with Crippen molar-refractivity contribution in [2.75, 3.05) is 0 Å². The number of hydrogen-bond acceptors (Lipinski definition) is 6. The van der Waals surface area contributed by atoms with Crippen LogP contribution in [0.1, 0.15) is 5.56 Å². The Morgan fingerprint density at radius 3 is 3.00 bits per heavy atom. The van der Waals surface area contributed by atoms with Gasteiger partial charge in [0, 0.05) is 0 Å². The highest BCUT2D eigenvalue weighted by molar-refractivity contribution is 8.00. The highest BCUT2D eigenvalue weighted by atomic mass is 35.5. The second kappa shape index (κ2) is 4.57. The molecule has 15 heavy (non-hydrogen) atoms. The highest BCUT2D eigenvalue weighted by Gasteiger charge is 2.05. The maximum Gasteiger partial charge on any atom is 0.175 e. The number of nitriles is 1. The third-order valence-corrected chi connectivity index (χ3v) is 3.26. The zero-order valence-corrected chi connectivity index (χ0v) is 9.60. The van der Waals surface area contributed by atoms with Gasteiger partial charge < -0.3 is 0 Å². The number of hydrogen-bond donors (Lipinski definition) is 0. The van der Waals surface area contributed by atoms with E-state index in [1.54, 1.807) is 6.07 Å². The van der Waals surface area contributed by atoms with Crippen LogP contribution in [-0.4, -0.2) is 14.3 Å². The lowest BCUT2D eigenvalue weighted by molar-refractivity contribution is 1.11. The van der Waals surface area contributed by atoms with Gasteiger partial charge in [-0.3, -0.25) is 0 Å². The molecule has 2 aromatic heterocycles. The fourth-order valence-electron chi connectivity index (χ4n) is 0.887. The van der Waals surface area contributed by atoms with Crippen molar-refractivity contribution < 1.29 is 0 Å². The maximum atomic E-state index is 8.74. The summed E-state index contributed by atoms with van der Waals surface area (Å²) >= 11 is 8.37. The predicted octanol–water partition coefficient (Wildman–Crippen LogP) is 2.61. The van der Waals surface area contributed by atoms with Gasteiger partial charge in [-0.1, -0.05) is 11.6 Å². The third-order valence-electron chi connectivity index (χ3n) is 1.43. The van der Waals surface area contributed by atoms with Crippen molar-refractivity contribution >= 4 is 34.9 Å². The first-order chi connectivity index (χ1) is 7.28. The molecule has 0 bridgehead atoms. The number of nitrogens with zero attached hydrogens (tertiary/aromatic N) is 4. The van der Waals surface area contributed by atoms with Crippen molar-refractivity contribution in [3.63, 3.8) is 0 Å². The van der Waals surface area contributed by atoms with E-state index in [-0.39, 0.29) is 0 Å². The summed E-state index contributed by atoms with van der Waals surface area (Å²) in [5.41, 5.74) is 0.488. The molecule has 0 spiro atoms. The lowest BCUT2D eigenvalue weighted by Gasteiger charge is -1.97. The molecule has 0 fully saturated rings. The zero-order chi connectivity index (χ0) is 10.7. The molecule has 0 N–H and O–H groups in total. The van der Waals surface area contributed by atoms with Crippen molar-refractivity contribution in [3.8, 4) is 6.07 Å². The molecule has 4 nitrogen and oxygen atoms in total. The normalized spacial score (nSPS) is 9.87. The summed E-state index contributed by atoms with van der Waals surface area (Å²) in [6, 6.07) is 5.20.